The minimum Gasteiger partial charge on any atom is -0.337 e. The second-order valence-corrected chi connectivity index (χ2v) is 7.16. The molecule has 3 aromatic rings. The lowest BCUT2D eigenvalue weighted by molar-refractivity contribution is 0.0556. The molecule has 1 atom stereocenters. The van der Waals surface area contributed by atoms with Crippen molar-refractivity contribution in [3.05, 3.63) is 53.8 Å². The molecule has 0 radical (unpaired) electrons. The zero-order valence-corrected chi connectivity index (χ0v) is 14.5. The molecule has 0 spiro atoms. The topological polar surface area (TPSA) is 72.1 Å². The van der Waals surface area contributed by atoms with Gasteiger partial charge in [-0.1, -0.05) is 29.4 Å². The second-order valence-electron chi connectivity index (χ2n) is 7.16. The van der Waals surface area contributed by atoms with Crippen molar-refractivity contribution in [2.75, 3.05) is 6.54 Å². The molecule has 0 N–H and O–H groups in total. The summed E-state index contributed by atoms with van der Waals surface area (Å²) in [5.41, 5.74) is 1.30. The van der Waals surface area contributed by atoms with Gasteiger partial charge in [0.1, 0.15) is 11.7 Å². The summed E-state index contributed by atoms with van der Waals surface area (Å²) < 4.78 is 5.52. The van der Waals surface area contributed by atoms with E-state index in [0.717, 1.165) is 48.8 Å². The van der Waals surface area contributed by atoms with Crippen LogP contribution in [0.1, 0.15) is 66.3 Å². The Morgan fingerprint density at radius 1 is 1.04 bits per heavy atom. The Morgan fingerprint density at radius 3 is 2.81 bits per heavy atom. The summed E-state index contributed by atoms with van der Waals surface area (Å²) in [6.45, 7) is 0.694. The molecule has 1 saturated carbocycles. The first-order valence-electron chi connectivity index (χ1n) is 9.30. The third kappa shape index (κ3) is 2.75. The summed E-state index contributed by atoms with van der Waals surface area (Å²) in [6, 6.07) is 11.4. The highest BCUT2D eigenvalue weighted by Crippen LogP contribution is 2.39. The van der Waals surface area contributed by atoms with E-state index in [1.54, 1.807) is 6.07 Å². The third-order valence-electron chi connectivity index (χ3n) is 5.27. The number of pyridine rings is 1. The Kier molecular flexibility index (Phi) is 3.69. The van der Waals surface area contributed by atoms with E-state index in [0.29, 0.717) is 24.0 Å². The fourth-order valence-corrected chi connectivity index (χ4v) is 3.65. The van der Waals surface area contributed by atoms with Gasteiger partial charge in [-0.3, -0.25) is 4.79 Å². The molecular formula is C20H20N4O2. The van der Waals surface area contributed by atoms with Crippen molar-refractivity contribution in [1.29, 1.82) is 0 Å². The van der Waals surface area contributed by atoms with Crippen molar-refractivity contribution < 1.29 is 9.32 Å². The quantitative estimate of drug-likeness (QED) is 0.718. The first-order valence-corrected chi connectivity index (χ1v) is 9.30. The van der Waals surface area contributed by atoms with E-state index in [9.17, 15) is 4.79 Å². The lowest BCUT2D eigenvalue weighted by atomic mass is 10.0. The van der Waals surface area contributed by atoms with E-state index in [4.69, 9.17) is 4.52 Å². The summed E-state index contributed by atoms with van der Waals surface area (Å²) >= 11 is 0. The van der Waals surface area contributed by atoms with Crippen molar-refractivity contribution in [3.8, 4) is 0 Å². The molecule has 0 unspecified atom stereocenters. The molecule has 1 saturated heterocycles. The number of carbonyl (C=O) groups excluding carboxylic acids is 1. The van der Waals surface area contributed by atoms with Gasteiger partial charge < -0.3 is 9.42 Å². The van der Waals surface area contributed by atoms with Crippen LogP contribution < -0.4 is 0 Å². The van der Waals surface area contributed by atoms with Gasteiger partial charge in [0, 0.05) is 17.8 Å². The number of aromatic nitrogens is 3. The summed E-state index contributed by atoms with van der Waals surface area (Å²) in [4.78, 5) is 24.1. The van der Waals surface area contributed by atoms with Crippen LogP contribution >= 0.6 is 0 Å². The molecule has 2 aliphatic rings. The van der Waals surface area contributed by atoms with Crippen LogP contribution in [-0.4, -0.2) is 32.5 Å². The van der Waals surface area contributed by atoms with Gasteiger partial charge in [-0.05, 0) is 44.2 Å². The van der Waals surface area contributed by atoms with Gasteiger partial charge in [-0.25, -0.2) is 4.98 Å². The number of benzene rings is 1. The van der Waals surface area contributed by atoms with Crippen LogP contribution in [0.4, 0.5) is 0 Å². The molecule has 1 aliphatic carbocycles. The number of rotatable bonds is 3. The first-order chi connectivity index (χ1) is 12.8. The molecule has 2 fully saturated rings. The van der Waals surface area contributed by atoms with Crippen molar-refractivity contribution in [2.24, 2.45) is 0 Å². The van der Waals surface area contributed by atoms with Crippen LogP contribution in [0.2, 0.25) is 0 Å². The van der Waals surface area contributed by atoms with E-state index in [1.807, 2.05) is 35.2 Å². The highest BCUT2D eigenvalue weighted by atomic mass is 16.5. The molecule has 26 heavy (non-hydrogen) atoms. The number of carbonyl (C=O) groups is 1. The molecular weight excluding hydrogens is 328 g/mol. The number of piperidine rings is 1. The molecule has 1 aliphatic heterocycles. The van der Waals surface area contributed by atoms with E-state index in [-0.39, 0.29) is 11.9 Å². The molecule has 1 aromatic carbocycles. The molecule has 0 bridgehead atoms. The molecule has 1 amide bonds. The van der Waals surface area contributed by atoms with Gasteiger partial charge in [0.25, 0.3) is 5.91 Å². The second kappa shape index (κ2) is 6.20. The van der Waals surface area contributed by atoms with E-state index < -0.39 is 0 Å². The Morgan fingerprint density at radius 2 is 1.92 bits per heavy atom. The van der Waals surface area contributed by atoms with Crippen LogP contribution in [0.25, 0.3) is 10.9 Å². The first kappa shape index (κ1) is 15.5. The molecule has 132 valence electrons. The number of para-hydroxylation sites is 1. The summed E-state index contributed by atoms with van der Waals surface area (Å²) in [6.07, 6.45) is 5.16. The number of hydrogen-bond donors (Lipinski definition) is 0. The molecule has 6 heteroatoms. The average Bonchev–Trinajstić information content (AvgIpc) is 3.44. The SMILES string of the molecule is O=C(c1ccc2ccccc2n1)N1CCCC[C@@H]1c1nc(C2CC2)no1. The highest BCUT2D eigenvalue weighted by molar-refractivity contribution is 5.95. The van der Waals surface area contributed by atoms with Crippen molar-refractivity contribution in [3.63, 3.8) is 0 Å². The number of likely N-dealkylation sites (tertiary alicyclic amines) is 1. The normalized spacial score (nSPS) is 20.5. The van der Waals surface area contributed by atoms with Gasteiger partial charge in [0.05, 0.1) is 5.52 Å². The fourth-order valence-electron chi connectivity index (χ4n) is 3.65. The molecule has 2 aromatic heterocycles. The van der Waals surface area contributed by atoms with Crippen LogP contribution in [0.3, 0.4) is 0 Å². The van der Waals surface area contributed by atoms with Crippen LogP contribution in [-0.2, 0) is 0 Å². The summed E-state index contributed by atoms with van der Waals surface area (Å²) in [7, 11) is 0. The van der Waals surface area contributed by atoms with Gasteiger partial charge >= 0.3 is 0 Å². The third-order valence-corrected chi connectivity index (χ3v) is 5.27. The highest BCUT2D eigenvalue weighted by Gasteiger charge is 2.35. The summed E-state index contributed by atoms with van der Waals surface area (Å²) in [5.74, 6) is 1.75. The lowest BCUT2D eigenvalue weighted by Gasteiger charge is -2.33. The number of nitrogens with zero attached hydrogens (tertiary/aromatic N) is 4. The standard InChI is InChI=1S/C20H20N4O2/c25-20(16-11-10-13-5-1-2-6-15(13)21-16)24-12-4-3-7-17(24)19-22-18(23-26-19)14-8-9-14/h1-2,5-6,10-11,14,17H,3-4,7-9,12H2/t17-/m1/s1. The molecule has 5 rings (SSSR count). The Labute approximate surface area is 151 Å². The van der Waals surface area contributed by atoms with Gasteiger partial charge in [0.2, 0.25) is 5.89 Å². The average molecular weight is 348 g/mol. The van der Waals surface area contributed by atoms with Crippen LogP contribution in [0, 0.1) is 0 Å². The maximum absolute atomic E-state index is 13.2. The predicted octanol–water partition coefficient (Wildman–Crippen LogP) is 3.86. The number of fused-ring (bicyclic) bond motifs is 1. The van der Waals surface area contributed by atoms with E-state index in [1.165, 1.54) is 0 Å². The minimum absolute atomic E-state index is 0.0633. The Balaban J connectivity index is 1.45. The smallest absolute Gasteiger partial charge is 0.273 e. The van der Waals surface area contributed by atoms with Gasteiger partial charge in [0.15, 0.2) is 5.82 Å². The van der Waals surface area contributed by atoms with Crippen molar-refractivity contribution >= 4 is 16.8 Å². The Hall–Kier alpha value is -2.76. The fraction of sp³-hybridized carbons (Fsp3) is 0.400. The monoisotopic (exact) mass is 348 g/mol. The maximum Gasteiger partial charge on any atom is 0.273 e. The van der Waals surface area contributed by atoms with Gasteiger partial charge in [-0.2, -0.15) is 4.98 Å². The zero-order valence-electron chi connectivity index (χ0n) is 14.5. The zero-order chi connectivity index (χ0) is 17.5. The number of hydrogen-bond acceptors (Lipinski definition) is 5. The van der Waals surface area contributed by atoms with Crippen LogP contribution in [0.5, 0.6) is 0 Å². The molecule has 3 heterocycles. The summed E-state index contributed by atoms with van der Waals surface area (Å²) in [5, 5.41) is 5.15. The van der Waals surface area contributed by atoms with E-state index >= 15 is 0 Å². The largest absolute Gasteiger partial charge is 0.337 e. The maximum atomic E-state index is 13.2. The van der Waals surface area contributed by atoms with Crippen molar-refractivity contribution in [1.82, 2.24) is 20.0 Å². The van der Waals surface area contributed by atoms with Crippen molar-refractivity contribution in [2.45, 2.75) is 44.1 Å². The van der Waals surface area contributed by atoms with E-state index in [2.05, 4.69) is 15.1 Å². The Bertz CT molecular complexity index is 963. The molecule has 6 nitrogen and oxygen atoms in total. The lowest BCUT2D eigenvalue weighted by Crippen LogP contribution is -2.39. The predicted molar refractivity (Wildman–Crippen MR) is 95.6 cm³/mol. The van der Waals surface area contributed by atoms with Crippen LogP contribution in [0.15, 0.2) is 40.9 Å². The van der Waals surface area contributed by atoms with Gasteiger partial charge in [-0.15, -0.1) is 0 Å². The minimum atomic E-state index is -0.149. The number of amides is 1.